The summed E-state index contributed by atoms with van der Waals surface area (Å²) in [6, 6.07) is 2.90. The third-order valence-corrected chi connectivity index (χ3v) is 3.95. The standard InChI is InChI=1S/C17H20F6N2O4/c18-16(19,20)10-28-12-1-2-14(29-11-17(21,22)23)13(9-12)15(26)24-3-4-25-5-7-27-8-6-25/h1-2,9H,3-8,10-11H2,(H,24,26)/p+1. The molecule has 1 saturated heterocycles. The molecule has 1 aromatic rings. The van der Waals surface area contributed by atoms with Gasteiger partial charge in [0.25, 0.3) is 5.91 Å². The molecule has 0 saturated carbocycles. The third-order valence-electron chi connectivity index (χ3n) is 3.95. The topological polar surface area (TPSA) is 61.2 Å². The fourth-order valence-corrected chi connectivity index (χ4v) is 2.59. The second-order valence-electron chi connectivity index (χ2n) is 6.33. The van der Waals surface area contributed by atoms with Gasteiger partial charge >= 0.3 is 12.4 Å². The van der Waals surface area contributed by atoms with Gasteiger partial charge in [-0.15, -0.1) is 0 Å². The van der Waals surface area contributed by atoms with Gasteiger partial charge in [0.2, 0.25) is 0 Å². The largest absolute Gasteiger partial charge is 0.484 e. The molecule has 6 nitrogen and oxygen atoms in total. The monoisotopic (exact) mass is 431 g/mol. The summed E-state index contributed by atoms with van der Waals surface area (Å²) in [5.74, 6) is -1.49. The van der Waals surface area contributed by atoms with E-state index >= 15 is 0 Å². The molecule has 0 bridgehead atoms. The van der Waals surface area contributed by atoms with Gasteiger partial charge in [0.05, 0.1) is 31.9 Å². The highest BCUT2D eigenvalue weighted by molar-refractivity contribution is 5.97. The van der Waals surface area contributed by atoms with Crippen molar-refractivity contribution < 1.29 is 50.2 Å². The maximum Gasteiger partial charge on any atom is 0.422 e. The Labute approximate surface area is 162 Å². The number of hydrogen-bond donors (Lipinski definition) is 2. The maximum absolute atomic E-state index is 12.4. The molecule has 0 aliphatic carbocycles. The van der Waals surface area contributed by atoms with Crippen molar-refractivity contribution in [2.24, 2.45) is 0 Å². The van der Waals surface area contributed by atoms with Crippen LogP contribution in [-0.4, -0.2) is 70.9 Å². The summed E-state index contributed by atoms with van der Waals surface area (Å²) in [4.78, 5) is 13.6. The molecule has 0 unspecified atom stereocenters. The van der Waals surface area contributed by atoms with Crippen molar-refractivity contribution in [1.29, 1.82) is 0 Å². The average molecular weight is 431 g/mol. The van der Waals surface area contributed by atoms with Crippen molar-refractivity contribution >= 4 is 5.91 Å². The van der Waals surface area contributed by atoms with Crippen molar-refractivity contribution in [2.45, 2.75) is 12.4 Å². The van der Waals surface area contributed by atoms with Gasteiger partial charge in [-0.2, -0.15) is 26.3 Å². The molecular formula is C17H21F6N2O4+. The van der Waals surface area contributed by atoms with Crippen molar-refractivity contribution in [3.05, 3.63) is 23.8 Å². The first-order valence-electron chi connectivity index (χ1n) is 8.76. The van der Waals surface area contributed by atoms with Gasteiger partial charge in [0, 0.05) is 0 Å². The molecule has 164 valence electrons. The predicted octanol–water partition coefficient (Wildman–Crippen LogP) is 1.21. The van der Waals surface area contributed by atoms with Crippen molar-refractivity contribution in [1.82, 2.24) is 5.32 Å². The zero-order chi connectivity index (χ0) is 21.5. The summed E-state index contributed by atoms with van der Waals surface area (Å²) in [7, 11) is 0. The number of hydrogen-bond acceptors (Lipinski definition) is 4. The Hall–Kier alpha value is -2.21. The average Bonchev–Trinajstić information content (AvgIpc) is 2.64. The first-order valence-corrected chi connectivity index (χ1v) is 8.76. The Morgan fingerprint density at radius 1 is 1.03 bits per heavy atom. The molecule has 0 aromatic heterocycles. The van der Waals surface area contributed by atoms with E-state index in [0.717, 1.165) is 31.3 Å². The lowest BCUT2D eigenvalue weighted by Crippen LogP contribution is -3.14. The number of quaternary nitrogens is 1. The normalized spacial score (nSPS) is 15.8. The fourth-order valence-electron chi connectivity index (χ4n) is 2.59. The number of carbonyl (C=O) groups excluding carboxylic acids is 1. The van der Waals surface area contributed by atoms with Crippen LogP contribution < -0.4 is 19.7 Å². The van der Waals surface area contributed by atoms with E-state index in [1.807, 2.05) is 0 Å². The van der Waals surface area contributed by atoms with Gasteiger partial charge in [0.1, 0.15) is 24.6 Å². The number of benzene rings is 1. The lowest BCUT2D eigenvalue weighted by atomic mass is 10.1. The first-order chi connectivity index (χ1) is 13.5. The van der Waals surface area contributed by atoms with Gasteiger partial charge in [-0.3, -0.25) is 4.79 Å². The van der Waals surface area contributed by atoms with Crippen LogP contribution in [0.4, 0.5) is 26.3 Å². The predicted molar refractivity (Wildman–Crippen MR) is 88.3 cm³/mol. The van der Waals surface area contributed by atoms with Crippen LogP contribution in [0.1, 0.15) is 10.4 Å². The molecule has 0 atom stereocenters. The van der Waals surface area contributed by atoms with E-state index < -0.39 is 37.2 Å². The lowest BCUT2D eigenvalue weighted by molar-refractivity contribution is -0.906. The molecule has 1 heterocycles. The van der Waals surface area contributed by atoms with E-state index in [1.165, 1.54) is 4.90 Å². The zero-order valence-corrected chi connectivity index (χ0v) is 15.3. The van der Waals surface area contributed by atoms with Gasteiger partial charge in [-0.05, 0) is 18.2 Å². The second kappa shape index (κ2) is 10.0. The third kappa shape index (κ3) is 8.77. The second-order valence-corrected chi connectivity index (χ2v) is 6.33. The molecule has 2 rings (SSSR count). The summed E-state index contributed by atoms with van der Waals surface area (Å²) in [6.07, 6.45) is -9.24. The van der Waals surface area contributed by atoms with E-state index in [0.29, 0.717) is 19.8 Å². The Bertz CT molecular complexity index is 675. The maximum atomic E-state index is 12.4. The highest BCUT2D eigenvalue weighted by Crippen LogP contribution is 2.27. The minimum absolute atomic E-state index is 0.223. The van der Waals surface area contributed by atoms with Crippen LogP contribution in [0.25, 0.3) is 0 Å². The van der Waals surface area contributed by atoms with E-state index in [4.69, 9.17) is 4.74 Å². The van der Waals surface area contributed by atoms with Crippen LogP contribution >= 0.6 is 0 Å². The van der Waals surface area contributed by atoms with Gasteiger partial charge in [-0.25, -0.2) is 0 Å². The van der Waals surface area contributed by atoms with Crippen LogP contribution in [0, 0.1) is 0 Å². The molecule has 1 aliphatic rings. The SMILES string of the molecule is O=C(NCC[NH+]1CCOCC1)c1cc(OCC(F)(F)F)ccc1OCC(F)(F)F. The Morgan fingerprint density at radius 2 is 1.66 bits per heavy atom. The Morgan fingerprint density at radius 3 is 2.28 bits per heavy atom. The molecule has 2 N–H and O–H groups in total. The molecule has 1 amide bonds. The number of rotatable bonds is 8. The number of alkyl halides is 6. The number of ether oxygens (including phenoxy) is 3. The van der Waals surface area contributed by atoms with Gasteiger partial charge in [0.15, 0.2) is 13.2 Å². The van der Waals surface area contributed by atoms with Crippen LogP contribution in [0.5, 0.6) is 11.5 Å². The molecule has 0 radical (unpaired) electrons. The fraction of sp³-hybridized carbons (Fsp3) is 0.588. The number of carbonyl (C=O) groups is 1. The number of nitrogens with one attached hydrogen (secondary N) is 2. The van der Waals surface area contributed by atoms with E-state index in [2.05, 4.69) is 14.8 Å². The molecule has 29 heavy (non-hydrogen) atoms. The van der Waals surface area contributed by atoms with Crippen molar-refractivity contribution in [2.75, 3.05) is 52.6 Å². The summed E-state index contributed by atoms with van der Waals surface area (Å²) in [5, 5.41) is 2.54. The van der Waals surface area contributed by atoms with Gasteiger partial charge < -0.3 is 24.4 Å². The number of halogens is 6. The van der Waals surface area contributed by atoms with Crippen LogP contribution in [0.2, 0.25) is 0 Å². The lowest BCUT2D eigenvalue weighted by Gasteiger charge is -2.23. The molecular weight excluding hydrogens is 410 g/mol. The van der Waals surface area contributed by atoms with Crippen LogP contribution in [0.15, 0.2) is 18.2 Å². The molecule has 1 aromatic carbocycles. The van der Waals surface area contributed by atoms with E-state index in [1.54, 1.807) is 0 Å². The van der Waals surface area contributed by atoms with Crippen LogP contribution in [-0.2, 0) is 4.74 Å². The smallest absolute Gasteiger partial charge is 0.422 e. The summed E-state index contributed by atoms with van der Waals surface area (Å²) in [5.41, 5.74) is -0.342. The highest BCUT2D eigenvalue weighted by atomic mass is 19.4. The first kappa shape index (κ1) is 23.1. The van der Waals surface area contributed by atoms with Crippen LogP contribution in [0.3, 0.4) is 0 Å². The molecule has 0 spiro atoms. The Kier molecular flexibility index (Phi) is 7.96. The Balaban J connectivity index is 2.05. The van der Waals surface area contributed by atoms with E-state index in [9.17, 15) is 31.1 Å². The quantitative estimate of drug-likeness (QED) is 0.608. The van der Waals surface area contributed by atoms with Crippen molar-refractivity contribution in [3.8, 4) is 11.5 Å². The minimum atomic E-state index is -4.64. The molecule has 1 aliphatic heterocycles. The summed E-state index contributed by atoms with van der Waals surface area (Å²) >= 11 is 0. The van der Waals surface area contributed by atoms with Crippen molar-refractivity contribution in [3.63, 3.8) is 0 Å². The number of morpholine rings is 1. The number of amides is 1. The van der Waals surface area contributed by atoms with E-state index in [-0.39, 0.29) is 17.9 Å². The highest BCUT2D eigenvalue weighted by Gasteiger charge is 2.30. The molecule has 12 heteroatoms. The minimum Gasteiger partial charge on any atom is -0.484 e. The summed E-state index contributed by atoms with van der Waals surface area (Å²) < 4.78 is 88.6. The zero-order valence-electron chi connectivity index (χ0n) is 15.3. The summed E-state index contributed by atoms with van der Waals surface area (Å²) in [6.45, 7) is 0.256. The van der Waals surface area contributed by atoms with Gasteiger partial charge in [-0.1, -0.05) is 0 Å². The molecule has 1 fully saturated rings.